The number of amides is 1. The number of aromatic amines is 1. The van der Waals surface area contributed by atoms with Crippen molar-refractivity contribution in [2.45, 2.75) is 12.6 Å². The highest BCUT2D eigenvalue weighted by Crippen LogP contribution is 2.27. The third-order valence-corrected chi connectivity index (χ3v) is 3.55. The fourth-order valence-electron chi connectivity index (χ4n) is 2.31. The second-order valence-electron chi connectivity index (χ2n) is 4.49. The molecular weight excluding hydrogens is 266 g/mol. The largest absolute Gasteiger partial charge is 0.387 e. The lowest BCUT2D eigenvalue weighted by Gasteiger charge is -2.31. The lowest BCUT2D eigenvalue weighted by molar-refractivity contribution is 0.0545. The van der Waals surface area contributed by atoms with Crippen LogP contribution >= 0.6 is 11.6 Å². The van der Waals surface area contributed by atoms with E-state index in [2.05, 4.69) is 10.2 Å². The second-order valence-corrected chi connectivity index (χ2v) is 4.90. The van der Waals surface area contributed by atoms with Gasteiger partial charge in [0.25, 0.3) is 5.91 Å². The summed E-state index contributed by atoms with van der Waals surface area (Å²) in [7, 11) is 0. The third-order valence-electron chi connectivity index (χ3n) is 3.26. The molecule has 3 rings (SSSR count). The van der Waals surface area contributed by atoms with Crippen molar-refractivity contribution in [2.24, 2.45) is 0 Å². The van der Waals surface area contributed by atoms with Crippen molar-refractivity contribution in [3.63, 3.8) is 0 Å². The number of nitrogens with zero attached hydrogens (tertiary/aromatic N) is 2. The van der Waals surface area contributed by atoms with Crippen LogP contribution in [-0.4, -0.2) is 32.7 Å². The molecule has 2 N–H and O–H groups in total. The first-order chi connectivity index (χ1) is 9.16. The van der Waals surface area contributed by atoms with Gasteiger partial charge in [-0.25, -0.2) is 0 Å². The van der Waals surface area contributed by atoms with Crippen molar-refractivity contribution >= 4 is 17.5 Å². The Hall–Kier alpha value is -1.85. The lowest BCUT2D eigenvalue weighted by atomic mass is 9.97. The summed E-state index contributed by atoms with van der Waals surface area (Å²) in [5.41, 5.74) is 2.08. The minimum absolute atomic E-state index is 0.254. The Morgan fingerprint density at radius 1 is 1.47 bits per heavy atom. The number of benzene rings is 1. The van der Waals surface area contributed by atoms with Crippen LogP contribution in [0.15, 0.2) is 30.5 Å². The summed E-state index contributed by atoms with van der Waals surface area (Å²) in [5.74, 6) is -0.254. The van der Waals surface area contributed by atoms with Gasteiger partial charge in [-0.1, -0.05) is 35.9 Å². The molecule has 2 heterocycles. The first kappa shape index (κ1) is 12.2. The fourth-order valence-corrected chi connectivity index (χ4v) is 2.49. The number of nitrogens with one attached hydrogen (secondary N) is 1. The van der Waals surface area contributed by atoms with E-state index in [1.54, 1.807) is 4.90 Å². The average Bonchev–Trinajstić information content (AvgIpc) is 2.84. The van der Waals surface area contributed by atoms with E-state index in [0.717, 1.165) is 11.1 Å². The number of rotatable bonds is 1. The molecule has 19 heavy (non-hydrogen) atoms. The van der Waals surface area contributed by atoms with Crippen LogP contribution in [0.3, 0.4) is 0 Å². The van der Waals surface area contributed by atoms with Crippen molar-refractivity contribution < 1.29 is 9.90 Å². The Bertz CT molecular complexity index is 626. The highest BCUT2D eigenvalue weighted by atomic mass is 35.5. The summed E-state index contributed by atoms with van der Waals surface area (Å²) in [5, 5.41) is 16.7. The number of hydrogen-bond acceptors (Lipinski definition) is 3. The number of aromatic nitrogens is 2. The summed E-state index contributed by atoms with van der Waals surface area (Å²) in [6.07, 6.45) is 0.721. The van der Waals surface area contributed by atoms with Crippen LogP contribution in [0, 0.1) is 0 Å². The van der Waals surface area contributed by atoms with E-state index in [4.69, 9.17) is 11.6 Å². The molecule has 1 unspecified atom stereocenters. The molecule has 0 spiro atoms. The van der Waals surface area contributed by atoms with Crippen LogP contribution in [0.4, 0.5) is 0 Å². The summed E-state index contributed by atoms with van der Waals surface area (Å²) < 4.78 is 0. The smallest absolute Gasteiger partial charge is 0.273 e. The van der Waals surface area contributed by atoms with Crippen LogP contribution in [0.5, 0.6) is 0 Å². The first-order valence-electron chi connectivity index (χ1n) is 5.91. The number of β-amino-alcohol motifs (C(OH)–C–C–N with tert-alkyl or cyclic N) is 1. The molecule has 0 aliphatic carbocycles. The van der Waals surface area contributed by atoms with Gasteiger partial charge in [0, 0.05) is 6.54 Å². The van der Waals surface area contributed by atoms with E-state index in [1.807, 2.05) is 24.3 Å². The van der Waals surface area contributed by atoms with Crippen molar-refractivity contribution in [2.75, 3.05) is 6.54 Å². The number of H-pyrrole nitrogens is 1. The Morgan fingerprint density at radius 3 is 3.00 bits per heavy atom. The predicted molar refractivity (Wildman–Crippen MR) is 69.7 cm³/mol. The molecule has 1 aromatic heterocycles. The van der Waals surface area contributed by atoms with Crippen LogP contribution in [0.1, 0.15) is 27.7 Å². The quantitative estimate of drug-likeness (QED) is 0.834. The monoisotopic (exact) mass is 277 g/mol. The maximum atomic E-state index is 12.3. The SMILES string of the molecule is O=C(c1[nH]ncc1Cl)N1Cc2ccccc2C(O)C1. The number of aliphatic hydroxyl groups is 1. The third kappa shape index (κ3) is 2.11. The molecule has 1 aromatic carbocycles. The lowest BCUT2D eigenvalue weighted by Crippen LogP contribution is -2.38. The Labute approximate surface area is 114 Å². The molecule has 1 atom stereocenters. The number of carbonyl (C=O) groups is 1. The van der Waals surface area contributed by atoms with E-state index >= 15 is 0 Å². The number of hydrogen-bond donors (Lipinski definition) is 2. The molecule has 0 radical (unpaired) electrons. The maximum Gasteiger partial charge on any atom is 0.273 e. The van der Waals surface area contributed by atoms with Gasteiger partial charge >= 0.3 is 0 Å². The van der Waals surface area contributed by atoms with Gasteiger partial charge in [-0.05, 0) is 11.1 Å². The van der Waals surface area contributed by atoms with Gasteiger partial charge in [-0.2, -0.15) is 5.10 Å². The van der Waals surface area contributed by atoms with Gasteiger partial charge in [0.1, 0.15) is 5.69 Å². The average molecular weight is 278 g/mol. The van der Waals surface area contributed by atoms with Crippen LogP contribution in [0.25, 0.3) is 0 Å². The minimum atomic E-state index is -0.671. The predicted octanol–water partition coefficient (Wildman–Crippen LogP) is 1.75. The molecule has 0 saturated carbocycles. The number of carbonyl (C=O) groups excluding carboxylic acids is 1. The molecule has 6 heteroatoms. The molecule has 0 fully saturated rings. The van der Waals surface area contributed by atoms with Gasteiger partial charge in [0.2, 0.25) is 0 Å². The minimum Gasteiger partial charge on any atom is -0.387 e. The van der Waals surface area contributed by atoms with Gasteiger partial charge in [0.15, 0.2) is 0 Å². The zero-order valence-corrected chi connectivity index (χ0v) is 10.8. The standard InChI is InChI=1S/C13H12ClN3O2/c14-10-5-15-16-12(10)13(19)17-6-8-3-1-2-4-9(8)11(18)7-17/h1-5,11,18H,6-7H2,(H,15,16). The van der Waals surface area contributed by atoms with E-state index < -0.39 is 6.10 Å². The molecule has 1 aliphatic rings. The van der Waals surface area contributed by atoms with E-state index in [-0.39, 0.29) is 18.1 Å². The Kier molecular flexibility index (Phi) is 3.00. The van der Waals surface area contributed by atoms with Gasteiger partial charge in [-0.15, -0.1) is 0 Å². The van der Waals surface area contributed by atoms with Gasteiger partial charge in [-0.3, -0.25) is 9.89 Å². The van der Waals surface area contributed by atoms with Crippen LogP contribution in [-0.2, 0) is 6.54 Å². The van der Waals surface area contributed by atoms with E-state index in [9.17, 15) is 9.90 Å². The summed E-state index contributed by atoms with van der Waals surface area (Å²) in [4.78, 5) is 13.9. The Balaban J connectivity index is 1.89. The van der Waals surface area contributed by atoms with Gasteiger partial charge in [0.05, 0.1) is 23.9 Å². The highest BCUT2D eigenvalue weighted by molar-refractivity contribution is 6.33. The molecular formula is C13H12ClN3O2. The first-order valence-corrected chi connectivity index (χ1v) is 6.28. The highest BCUT2D eigenvalue weighted by Gasteiger charge is 2.28. The van der Waals surface area contributed by atoms with E-state index in [1.165, 1.54) is 6.20 Å². The molecule has 2 aromatic rings. The van der Waals surface area contributed by atoms with Crippen LogP contribution < -0.4 is 0 Å². The van der Waals surface area contributed by atoms with Crippen molar-refractivity contribution in [1.82, 2.24) is 15.1 Å². The van der Waals surface area contributed by atoms with Crippen molar-refractivity contribution in [1.29, 1.82) is 0 Å². The summed E-state index contributed by atoms with van der Waals surface area (Å²) >= 11 is 5.89. The van der Waals surface area contributed by atoms with Crippen molar-refractivity contribution in [3.05, 3.63) is 52.3 Å². The molecule has 0 saturated heterocycles. The maximum absolute atomic E-state index is 12.3. The normalized spacial score (nSPS) is 18.2. The molecule has 1 amide bonds. The topological polar surface area (TPSA) is 69.2 Å². The molecule has 98 valence electrons. The number of aliphatic hydroxyl groups excluding tert-OH is 1. The molecule has 1 aliphatic heterocycles. The van der Waals surface area contributed by atoms with Crippen molar-refractivity contribution in [3.8, 4) is 0 Å². The zero-order valence-electron chi connectivity index (χ0n) is 10.0. The van der Waals surface area contributed by atoms with E-state index in [0.29, 0.717) is 11.6 Å². The summed E-state index contributed by atoms with van der Waals surface area (Å²) in [6.45, 7) is 0.715. The molecule has 5 nitrogen and oxygen atoms in total. The fraction of sp³-hybridized carbons (Fsp3) is 0.231. The number of halogens is 1. The van der Waals surface area contributed by atoms with Crippen LogP contribution in [0.2, 0.25) is 5.02 Å². The Morgan fingerprint density at radius 2 is 2.26 bits per heavy atom. The number of fused-ring (bicyclic) bond motifs is 1. The van der Waals surface area contributed by atoms with Gasteiger partial charge < -0.3 is 10.0 Å². The zero-order chi connectivity index (χ0) is 13.4. The summed E-state index contributed by atoms with van der Waals surface area (Å²) in [6, 6.07) is 7.56. The molecule has 0 bridgehead atoms. The second kappa shape index (κ2) is 4.68.